The average molecular weight is 428 g/mol. The molecule has 1 aromatic heterocycles. The van der Waals surface area contributed by atoms with E-state index in [1.54, 1.807) is 9.80 Å². The van der Waals surface area contributed by atoms with E-state index in [4.69, 9.17) is 4.74 Å². The number of aryl methyl sites for hydroxylation is 1. The van der Waals surface area contributed by atoms with E-state index in [1.165, 1.54) is 0 Å². The van der Waals surface area contributed by atoms with Gasteiger partial charge in [0.05, 0.1) is 11.2 Å². The molecular weight excluding hydrogens is 398 g/mol. The van der Waals surface area contributed by atoms with E-state index in [1.807, 2.05) is 50.6 Å². The van der Waals surface area contributed by atoms with Crippen molar-refractivity contribution >= 4 is 40.3 Å². The van der Waals surface area contributed by atoms with Gasteiger partial charge in [-0.2, -0.15) is 0 Å². The van der Waals surface area contributed by atoms with Crippen molar-refractivity contribution in [2.45, 2.75) is 32.8 Å². The summed E-state index contributed by atoms with van der Waals surface area (Å²) in [5.41, 5.74) is 2.37. The predicted molar refractivity (Wildman–Crippen MR) is 118 cm³/mol. The maximum absolute atomic E-state index is 12.3. The largest absolute Gasteiger partial charge is 0.444 e. The second kappa shape index (κ2) is 7.79. The van der Waals surface area contributed by atoms with Crippen molar-refractivity contribution < 1.29 is 19.1 Å². The number of hydrogen-bond donors (Lipinski definition) is 1. The number of rotatable bonds is 2. The number of imide groups is 1. The Bertz CT molecular complexity index is 1030. The van der Waals surface area contributed by atoms with Crippen LogP contribution in [-0.4, -0.2) is 65.8 Å². The van der Waals surface area contributed by atoms with Crippen LogP contribution in [0.5, 0.6) is 0 Å². The Morgan fingerprint density at radius 1 is 1.06 bits per heavy atom. The summed E-state index contributed by atoms with van der Waals surface area (Å²) in [4.78, 5) is 41.6. The Labute approximate surface area is 181 Å². The summed E-state index contributed by atoms with van der Waals surface area (Å²) >= 11 is 0. The number of ether oxygens (including phenoxy) is 1. The van der Waals surface area contributed by atoms with Crippen LogP contribution in [0.3, 0.4) is 0 Å². The molecule has 0 saturated carbocycles. The standard InChI is InChI=1S/C22H29N5O4/c1-22(2,3)31-21(30)26-11-9-25(10-12-26)18-14-24(4)17-13-15(5-6-16(17)18)27-8-7-19(28)23-20(27)29/h5-6,13-14H,7-12H2,1-4H3,(H,23,28,29). The minimum absolute atomic E-state index is 0.242. The Hall–Kier alpha value is -3.23. The molecule has 31 heavy (non-hydrogen) atoms. The van der Waals surface area contributed by atoms with Gasteiger partial charge in [0.1, 0.15) is 5.60 Å². The lowest BCUT2D eigenvalue weighted by atomic mass is 10.1. The molecule has 4 amide bonds. The molecule has 0 atom stereocenters. The van der Waals surface area contributed by atoms with Crippen LogP contribution < -0.4 is 15.1 Å². The number of nitrogens with zero attached hydrogens (tertiary/aromatic N) is 4. The second-order valence-electron chi connectivity index (χ2n) is 9.04. The summed E-state index contributed by atoms with van der Waals surface area (Å²) in [5.74, 6) is -0.242. The zero-order valence-electron chi connectivity index (χ0n) is 18.5. The highest BCUT2D eigenvalue weighted by Gasteiger charge is 2.28. The molecule has 3 heterocycles. The number of nitrogens with one attached hydrogen (secondary N) is 1. The van der Waals surface area contributed by atoms with Gasteiger partial charge in [0, 0.05) is 63.5 Å². The van der Waals surface area contributed by atoms with E-state index in [2.05, 4.69) is 16.4 Å². The van der Waals surface area contributed by atoms with Gasteiger partial charge in [0.25, 0.3) is 0 Å². The first-order valence-electron chi connectivity index (χ1n) is 10.6. The minimum atomic E-state index is -0.500. The van der Waals surface area contributed by atoms with Gasteiger partial charge in [0.2, 0.25) is 5.91 Å². The normalized spacial score (nSPS) is 17.9. The van der Waals surface area contributed by atoms with E-state index in [0.29, 0.717) is 26.1 Å². The van der Waals surface area contributed by atoms with Crippen molar-refractivity contribution in [2.24, 2.45) is 7.05 Å². The van der Waals surface area contributed by atoms with Crippen LogP contribution in [0.1, 0.15) is 27.2 Å². The van der Waals surface area contributed by atoms with E-state index in [-0.39, 0.29) is 18.0 Å². The number of amides is 4. The molecule has 2 aliphatic rings. The monoisotopic (exact) mass is 427 g/mol. The molecule has 0 radical (unpaired) electrons. The Kier molecular flexibility index (Phi) is 5.28. The van der Waals surface area contributed by atoms with Gasteiger partial charge in [-0.1, -0.05) is 0 Å². The summed E-state index contributed by atoms with van der Waals surface area (Å²) < 4.78 is 7.53. The Morgan fingerprint density at radius 2 is 1.77 bits per heavy atom. The molecule has 0 bridgehead atoms. The second-order valence-corrected chi connectivity index (χ2v) is 9.04. The molecule has 2 aromatic rings. The SMILES string of the molecule is Cn1cc(N2CCN(C(=O)OC(C)(C)C)CC2)c2ccc(N3CCC(=O)NC3=O)cc21. The van der Waals surface area contributed by atoms with Crippen LogP contribution in [0.4, 0.5) is 21.0 Å². The third-order valence-corrected chi connectivity index (χ3v) is 5.59. The van der Waals surface area contributed by atoms with Crippen LogP contribution >= 0.6 is 0 Å². The third-order valence-electron chi connectivity index (χ3n) is 5.59. The fraction of sp³-hybridized carbons (Fsp3) is 0.500. The van der Waals surface area contributed by atoms with Gasteiger partial charge >= 0.3 is 12.1 Å². The van der Waals surface area contributed by atoms with Gasteiger partial charge < -0.3 is 19.1 Å². The molecule has 1 N–H and O–H groups in total. The van der Waals surface area contributed by atoms with Gasteiger partial charge in [-0.25, -0.2) is 9.59 Å². The van der Waals surface area contributed by atoms with Crippen LogP contribution in [0.25, 0.3) is 10.9 Å². The molecule has 0 unspecified atom stereocenters. The summed E-state index contributed by atoms with van der Waals surface area (Å²) in [7, 11) is 1.98. The molecule has 0 aliphatic carbocycles. The lowest BCUT2D eigenvalue weighted by molar-refractivity contribution is -0.120. The Morgan fingerprint density at radius 3 is 2.42 bits per heavy atom. The van der Waals surface area contributed by atoms with Crippen molar-refractivity contribution in [3.05, 3.63) is 24.4 Å². The lowest BCUT2D eigenvalue weighted by Crippen LogP contribution is -2.50. The van der Waals surface area contributed by atoms with Crippen LogP contribution in [0.2, 0.25) is 0 Å². The van der Waals surface area contributed by atoms with Crippen LogP contribution in [0, 0.1) is 0 Å². The van der Waals surface area contributed by atoms with E-state index in [9.17, 15) is 14.4 Å². The van der Waals surface area contributed by atoms with E-state index in [0.717, 1.165) is 35.4 Å². The molecule has 4 rings (SSSR count). The van der Waals surface area contributed by atoms with Gasteiger partial charge in [-0.3, -0.25) is 15.0 Å². The zero-order valence-corrected chi connectivity index (χ0v) is 18.5. The number of hydrogen-bond acceptors (Lipinski definition) is 5. The van der Waals surface area contributed by atoms with Crippen molar-refractivity contribution in [1.29, 1.82) is 0 Å². The smallest absolute Gasteiger partial charge is 0.410 e. The highest BCUT2D eigenvalue weighted by atomic mass is 16.6. The predicted octanol–water partition coefficient (Wildman–Crippen LogP) is 2.68. The quantitative estimate of drug-likeness (QED) is 0.796. The third kappa shape index (κ3) is 4.30. The van der Waals surface area contributed by atoms with E-state index < -0.39 is 5.60 Å². The molecule has 0 spiro atoms. The molecular formula is C22H29N5O4. The number of piperazine rings is 1. The molecule has 9 heteroatoms. The number of carbonyl (C=O) groups excluding carboxylic acids is 3. The number of anilines is 2. The maximum Gasteiger partial charge on any atom is 0.410 e. The van der Waals surface area contributed by atoms with Crippen molar-refractivity contribution in [1.82, 2.24) is 14.8 Å². The molecule has 2 aliphatic heterocycles. The highest BCUT2D eigenvalue weighted by Crippen LogP contribution is 2.33. The van der Waals surface area contributed by atoms with Crippen LogP contribution in [0.15, 0.2) is 24.4 Å². The number of urea groups is 1. The van der Waals surface area contributed by atoms with Crippen LogP contribution in [-0.2, 0) is 16.6 Å². The molecule has 2 fully saturated rings. The van der Waals surface area contributed by atoms with E-state index >= 15 is 0 Å². The first-order valence-corrected chi connectivity index (χ1v) is 10.6. The first-order chi connectivity index (χ1) is 14.6. The van der Waals surface area contributed by atoms with Crippen molar-refractivity contribution in [2.75, 3.05) is 42.5 Å². The van der Waals surface area contributed by atoms with Gasteiger partial charge in [0.15, 0.2) is 0 Å². The fourth-order valence-corrected chi connectivity index (χ4v) is 4.04. The zero-order chi connectivity index (χ0) is 22.3. The molecule has 1 aromatic carbocycles. The number of fused-ring (bicyclic) bond motifs is 1. The minimum Gasteiger partial charge on any atom is -0.444 e. The Balaban J connectivity index is 1.50. The summed E-state index contributed by atoms with van der Waals surface area (Å²) in [6.45, 7) is 8.63. The number of carbonyl (C=O) groups is 3. The summed E-state index contributed by atoms with van der Waals surface area (Å²) in [5, 5.41) is 3.45. The highest BCUT2D eigenvalue weighted by molar-refractivity contribution is 6.06. The molecule has 166 valence electrons. The van der Waals surface area contributed by atoms with Gasteiger partial charge in [-0.15, -0.1) is 0 Å². The van der Waals surface area contributed by atoms with Gasteiger partial charge in [-0.05, 0) is 39.0 Å². The fourth-order valence-electron chi connectivity index (χ4n) is 4.04. The maximum atomic E-state index is 12.3. The first kappa shape index (κ1) is 21.0. The molecule has 9 nitrogen and oxygen atoms in total. The topological polar surface area (TPSA) is 87.1 Å². The average Bonchev–Trinajstić information content (AvgIpc) is 3.03. The molecule has 2 saturated heterocycles. The summed E-state index contributed by atoms with van der Waals surface area (Å²) in [6, 6.07) is 5.52. The number of aromatic nitrogens is 1. The number of benzene rings is 1. The van der Waals surface area contributed by atoms with Crippen molar-refractivity contribution in [3.63, 3.8) is 0 Å². The van der Waals surface area contributed by atoms with Crippen molar-refractivity contribution in [3.8, 4) is 0 Å². The lowest BCUT2D eigenvalue weighted by Gasteiger charge is -2.36. The summed E-state index contributed by atoms with van der Waals surface area (Å²) in [6.07, 6.45) is 2.11.